The van der Waals surface area contributed by atoms with Crippen LogP contribution >= 0.6 is 0 Å². The van der Waals surface area contributed by atoms with E-state index in [4.69, 9.17) is 0 Å². The molecule has 25 heavy (non-hydrogen) atoms. The van der Waals surface area contributed by atoms with Gasteiger partial charge in [-0.3, -0.25) is 0 Å². The molecule has 1 aliphatic carbocycles. The smallest absolute Gasteiger partial charge is 1.00 e. The van der Waals surface area contributed by atoms with Crippen LogP contribution in [-0.2, 0) is 20.7 Å². The second-order valence-corrected chi connectivity index (χ2v) is 7.78. The van der Waals surface area contributed by atoms with Gasteiger partial charge in [-0.1, -0.05) is 0 Å². The summed E-state index contributed by atoms with van der Waals surface area (Å²) in [5.74, 6) is 0.532. The van der Waals surface area contributed by atoms with E-state index in [1.54, 1.807) is 0 Å². The van der Waals surface area contributed by atoms with Crippen molar-refractivity contribution in [3.63, 3.8) is 0 Å². The van der Waals surface area contributed by atoms with Gasteiger partial charge in [-0.15, -0.1) is 0 Å². The summed E-state index contributed by atoms with van der Waals surface area (Å²) < 4.78 is 2.49. The second kappa shape index (κ2) is 10.9. The molecule has 1 aromatic carbocycles. The Balaban J connectivity index is 0.00000288. The van der Waals surface area contributed by atoms with E-state index < -0.39 is 0 Å². The molecule has 2 rings (SSSR count). The molecule has 2 atom stereocenters. The molecule has 0 saturated heterocycles. The maximum Gasteiger partial charge on any atom is -1.00 e. The molecule has 137 valence electrons. The van der Waals surface area contributed by atoms with Crippen molar-refractivity contribution in [2.24, 2.45) is 5.92 Å². The molecular weight excluding hydrogens is 385 g/mol. The molecule has 1 aliphatic rings. The van der Waals surface area contributed by atoms with Crippen LogP contribution in [0.4, 0.5) is 0 Å². The third-order valence-electron chi connectivity index (χ3n) is 5.56. The van der Waals surface area contributed by atoms with E-state index >= 15 is 0 Å². The number of hydrogen-bond donors (Lipinski definition) is 0. The van der Waals surface area contributed by atoms with Crippen molar-refractivity contribution in [2.75, 3.05) is 6.54 Å². The van der Waals surface area contributed by atoms with Gasteiger partial charge < -0.3 is 24.8 Å². The van der Waals surface area contributed by atoms with Gasteiger partial charge in [0, 0.05) is 0 Å². The number of benzene rings is 1. The Bertz CT molecular complexity index is 637. The molecule has 0 spiro atoms. The van der Waals surface area contributed by atoms with Gasteiger partial charge in [0.25, 0.3) is 0 Å². The van der Waals surface area contributed by atoms with E-state index in [0.29, 0.717) is 12.0 Å². The van der Waals surface area contributed by atoms with Gasteiger partial charge in [0.15, 0.2) is 0 Å². The van der Waals surface area contributed by atoms with Crippen LogP contribution in [0, 0.1) is 5.92 Å². The van der Waals surface area contributed by atoms with Crippen molar-refractivity contribution in [1.29, 1.82) is 0 Å². The molecule has 0 fully saturated rings. The molecule has 2 unspecified atom stereocenters. The molecule has 0 aliphatic heterocycles. The predicted octanol–water partition coefficient (Wildman–Crippen LogP) is 0.0791. The molecule has 0 radical (unpaired) electrons. The van der Waals surface area contributed by atoms with Crippen LogP contribution in [0.2, 0.25) is 0 Å². The third kappa shape index (κ3) is 5.24. The zero-order valence-corrected chi connectivity index (χ0v) is 19.4. The minimum atomic E-state index is 0. The minimum Gasteiger partial charge on any atom is -1.00 e. The van der Waals surface area contributed by atoms with Crippen LogP contribution in [0.15, 0.2) is 41.0 Å². The summed E-state index contributed by atoms with van der Waals surface area (Å²) in [6.07, 6.45) is 2.52. The summed E-state index contributed by atoms with van der Waals surface area (Å²) >= 11 is 2.26. The fourth-order valence-corrected chi connectivity index (χ4v) is 4.06. The van der Waals surface area contributed by atoms with Crippen molar-refractivity contribution in [2.45, 2.75) is 60.4 Å². The molecule has 0 bridgehead atoms. The maximum absolute atomic E-state index is 2.49. The van der Waals surface area contributed by atoms with E-state index in [9.17, 15) is 0 Å². The van der Waals surface area contributed by atoms with E-state index in [0.717, 1.165) is 6.54 Å². The van der Waals surface area contributed by atoms with Crippen LogP contribution in [0.25, 0.3) is 5.57 Å². The molecule has 0 heterocycles. The van der Waals surface area contributed by atoms with Crippen molar-refractivity contribution in [3.8, 4) is 0 Å². The number of halogens is 2. The van der Waals surface area contributed by atoms with Gasteiger partial charge >= 0.3 is 155 Å². The quantitative estimate of drug-likeness (QED) is 0.596. The SMILES string of the molecule is CCCC[N]([Ti+2])C(C)c1ccccc1C1=C(C)C(C)=C(C)C1C.[Cl-].[Cl-]. The molecule has 0 aromatic heterocycles. The first-order chi connectivity index (χ1) is 10.9. The van der Waals surface area contributed by atoms with Gasteiger partial charge in [0.2, 0.25) is 0 Å². The van der Waals surface area contributed by atoms with Crippen LogP contribution < -0.4 is 24.8 Å². The summed E-state index contributed by atoms with van der Waals surface area (Å²) in [5, 5.41) is 0. The van der Waals surface area contributed by atoms with E-state index in [-0.39, 0.29) is 24.8 Å². The number of hydrogen-bond acceptors (Lipinski definition) is 1. The Kier molecular flexibility index (Phi) is 10.9. The minimum absolute atomic E-state index is 0. The van der Waals surface area contributed by atoms with E-state index in [1.807, 2.05) is 0 Å². The Morgan fingerprint density at radius 1 is 1.08 bits per heavy atom. The van der Waals surface area contributed by atoms with Crippen LogP contribution in [0.1, 0.15) is 71.6 Å². The molecule has 1 nitrogen and oxygen atoms in total. The third-order valence-corrected chi connectivity index (χ3v) is 6.52. The summed E-state index contributed by atoms with van der Waals surface area (Å²) in [6, 6.07) is 9.46. The Labute approximate surface area is 178 Å². The zero-order valence-electron chi connectivity index (χ0n) is 16.3. The fourth-order valence-electron chi connectivity index (χ4n) is 3.60. The van der Waals surface area contributed by atoms with Gasteiger partial charge in [-0.2, -0.15) is 0 Å². The second-order valence-electron chi connectivity index (χ2n) is 6.88. The average Bonchev–Trinajstić information content (AvgIpc) is 2.75. The van der Waals surface area contributed by atoms with Gasteiger partial charge in [0.1, 0.15) is 0 Å². The van der Waals surface area contributed by atoms with Crippen LogP contribution in [0.3, 0.4) is 0 Å². The molecular formula is C21H30Cl2NTi. The van der Waals surface area contributed by atoms with Crippen molar-refractivity contribution in [3.05, 3.63) is 52.1 Å². The Morgan fingerprint density at radius 3 is 2.20 bits per heavy atom. The topological polar surface area (TPSA) is 3.24 Å². The average molecular weight is 415 g/mol. The largest absolute Gasteiger partial charge is 1.00 e. The molecule has 1 aromatic rings. The van der Waals surface area contributed by atoms with Gasteiger partial charge in [-0.05, 0) is 0 Å². The van der Waals surface area contributed by atoms with Crippen molar-refractivity contribution < 1.29 is 45.5 Å². The first-order valence-corrected chi connectivity index (χ1v) is 9.55. The summed E-state index contributed by atoms with van der Waals surface area (Å²) in [7, 11) is 0. The number of allylic oxidation sites excluding steroid dienone is 4. The van der Waals surface area contributed by atoms with Gasteiger partial charge in [-0.25, -0.2) is 0 Å². The first-order valence-electron chi connectivity index (χ1n) is 8.85. The number of nitrogens with zero attached hydrogens (tertiary/aromatic N) is 1. The summed E-state index contributed by atoms with van der Waals surface area (Å²) in [4.78, 5) is 0. The zero-order chi connectivity index (χ0) is 17.1. The monoisotopic (exact) mass is 414 g/mol. The Hall–Kier alpha value is -0.0457. The summed E-state index contributed by atoms with van der Waals surface area (Å²) in [5.41, 5.74) is 8.94. The van der Waals surface area contributed by atoms with Crippen LogP contribution in [-0.4, -0.2) is 9.93 Å². The van der Waals surface area contributed by atoms with Crippen LogP contribution in [0.5, 0.6) is 0 Å². The Morgan fingerprint density at radius 2 is 1.68 bits per heavy atom. The predicted molar refractivity (Wildman–Crippen MR) is 96.6 cm³/mol. The standard InChI is InChI=1S/C21H30N.2ClH.Ti/c1-7-8-13-22-18(6)19-11-9-10-12-20(19)21-16(4)14(2)15(3)17(21)5;;;/h9-12,16,18H,7-8,13H2,1-6H3;2*1H;/q-1;;;+3/p-2. The first kappa shape index (κ1) is 25.0. The molecule has 4 heteroatoms. The number of unbranched alkanes of at least 4 members (excludes halogenated alkanes) is 1. The normalized spacial score (nSPS) is 18.4. The van der Waals surface area contributed by atoms with Crippen molar-refractivity contribution >= 4 is 5.57 Å². The molecule has 0 N–H and O–H groups in total. The van der Waals surface area contributed by atoms with Crippen molar-refractivity contribution in [1.82, 2.24) is 3.38 Å². The van der Waals surface area contributed by atoms with Gasteiger partial charge in [0.05, 0.1) is 0 Å². The fraction of sp³-hybridized carbons (Fsp3) is 0.524. The maximum atomic E-state index is 2.49. The number of rotatable bonds is 6. The van der Waals surface area contributed by atoms with E-state index in [1.165, 1.54) is 46.3 Å². The molecule has 0 saturated carbocycles. The van der Waals surface area contributed by atoms with E-state index in [2.05, 4.69) is 89.9 Å². The summed E-state index contributed by atoms with van der Waals surface area (Å²) in [6.45, 7) is 15.0. The molecule has 0 amide bonds.